The Morgan fingerprint density at radius 1 is 1.14 bits per heavy atom. The molecule has 3 heterocycles. The topological polar surface area (TPSA) is 49.3 Å². The molecule has 0 atom stereocenters. The summed E-state index contributed by atoms with van der Waals surface area (Å²) in [4.78, 5) is 25.3. The lowest BCUT2D eigenvalue weighted by atomic mass is 9.69. The quantitative estimate of drug-likeness (QED) is 0.820. The van der Waals surface area contributed by atoms with Gasteiger partial charge in [-0.15, -0.1) is 0 Å². The third-order valence-electron chi connectivity index (χ3n) is 6.57. The fourth-order valence-corrected chi connectivity index (χ4v) is 4.79. The van der Waals surface area contributed by atoms with Gasteiger partial charge in [0.05, 0.1) is 12.4 Å². The molecule has 0 bridgehead atoms. The summed E-state index contributed by atoms with van der Waals surface area (Å²) in [5.74, 6) is 1.09. The molecule has 0 radical (unpaired) electrons. The van der Waals surface area contributed by atoms with Gasteiger partial charge in [-0.3, -0.25) is 4.79 Å². The lowest BCUT2D eigenvalue weighted by Crippen LogP contribution is -2.53. The average Bonchev–Trinajstić information content (AvgIpc) is 3.53. The summed E-state index contributed by atoms with van der Waals surface area (Å²) < 4.78 is 13.1. The van der Waals surface area contributed by atoms with Gasteiger partial charge in [0.2, 0.25) is 11.9 Å². The molecule has 2 aromatic rings. The molecule has 5 nitrogen and oxygen atoms in total. The lowest BCUT2D eigenvalue weighted by Gasteiger charge is -2.48. The van der Waals surface area contributed by atoms with Crippen LogP contribution < -0.4 is 4.90 Å². The van der Waals surface area contributed by atoms with Crippen LogP contribution in [0.25, 0.3) is 0 Å². The van der Waals surface area contributed by atoms with Gasteiger partial charge in [0.15, 0.2) is 5.82 Å². The molecule has 1 spiro atoms. The zero-order chi connectivity index (χ0) is 19.1. The number of fused-ring (bicyclic) bond motifs is 2. The van der Waals surface area contributed by atoms with E-state index in [4.69, 9.17) is 0 Å². The number of carbonyl (C=O) groups excluding carboxylic acids is 1. The van der Waals surface area contributed by atoms with Crippen LogP contribution in [0.5, 0.6) is 0 Å². The zero-order valence-electron chi connectivity index (χ0n) is 16.0. The van der Waals surface area contributed by atoms with E-state index < -0.39 is 5.82 Å². The Morgan fingerprint density at radius 2 is 1.86 bits per heavy atom. The van der Waals surface area contributed by atoms with Crippen molar-refractivity contribution in [3.8, 4) is 0 Å². The number of benzene rings is 1. The van der Waals surface area contributed by atoms with E-state index in [1.165, 1.54) is 36.4 Å². The number of hydrogen-bond acceptors (Lipinski definition) is 4. The first kappa shape index (κ1) is 17.6. The van der Waals surface area contributed by atoms with E-state index in [1.54, 1.807) is 0 Å². The fourth-order valence-electron chi connectivity index (χ4n) is 4.79. The van der Waals surface area contributed by atoms with Gasteiger partial charge in [0, 0.05) is 38.0 Å². The number of rotatable bonds is 3. The summed E-state index contributed by atoms with van der Waals surface area (Å²) >= 11 is 0. The van der Waals surface area contributed by atoms with Crippen LogP contribution in [0.2, 0.25) is 0 Å². The van der Waals surface area contributed by atoms with Crippen LogP contribution in [-0.4, -0.2) is 40.4 Å². The van der Waals surface area contributed by atoms with Gasteiger partial charge < -0.3 is 9.80 Å². The lowest BCUT2D eigenvalue weighted by molar-refractivity contribution is -0.134. The fraction of sp³-hybridized carbons (Fsp3) is 0.500. The molecular weight excluding hydrogens is 355 g/mol. The van der Waals surface area contributed by atoms with E-state index in [0.717, 1.165) is 39.0 Å². The smallest absolute Gasteiger partial charge is 0.225 e. The van der Waals surface area contributed by atoms with Crippen molar-refractivity contribution in [2.24, 2.45) is 5.92 Å². The second-order valence-electron chi connectivity index (χ2n) is 8.52. The predicted molar refractivity (Wildman–Crippen MR) is 104 cm³/mol. The minimum Gasteiger partial charge on any atom is -0.341 e. The van der Waals surface area contributed by atoms with Gasteiger partial charge >= 0.3 is 0 Å². The maximum Gasteiger partial charge on any atom is 0.225 e. The molecule has 1 saturated heterocycles. The minimum absolute atomic E-state index is 0.00934. The second kappa shape index (κ2) is 6.83. The van der Waals surface area contributed by atoms with Crippen molar-refractivity contribution in [1.82, 2.24) is 14.9 Å². The molecule has 0 N–H and O–H groups in total. The summed E-state index contributed by atoms with van der Waals surface area (Å²) in [6, 6.07) is 8.59. The number of carbonyl (C=O) groups is 1. The van der Waals surface area contributed by atoms with Crippen molar-refractivity contribution >= 4 is 11.9 Å². The summed E-state index contributed by atoms with van der Waals surface area (Å²) in [6.45, 7) is 3.15. The average molecular weight is 380 g/mol. The van der Waals surface area contributed by atoms with E-state index in [1.807, 2.05) is 0 Å². The molecule has 5 rings (SSSR count). The summed E-state index contributed by atoms with van der Waals surface area (Å²) in [5, 5.41) is 0. The number of hydrogen-bond donors (Lipinski definition) is 0. The van der Waals surface area contributed by atoms with E-state index in [2.05, 4.69) is 44.0 Å². The molecule has 28 heavy (non-hydrogen) atoms. The van der Waals surface area contributed by atoms with Gasteiger partial charge in [0.25, 0.3) is 0 Å². The Labute approximate surface area is 164 Å². The normalized spacial score (nSPS) is 20.9. The standard InChI is InChI=1S/C22H25FN4O/c23-18-12-24-21(25-13-18)26-9-7-22(8-10-26)15-27(20(28)11-16-5-6-16)14-17-3-1-2-4-19(17)22/h1-4,12-13,16H,5-11,14-15H2. The Morgan fingerprint density at radius 3 is 2.57 bits per heavy atom. The van der Waals surface area contributed by atoms with Crippen LogP contribution in [0.4, 0.5) is 10.3 Å². The number of nitrogens with zero attached hydrogens (tertiary/aromatic N) is 4. The maximum atomic E-state index is 13.1. The van der Waals surface area contributed by atoms with Gasteiger partial charge in [-0.05, 0) is 42.7 Å². The van der Waals surface area contributed by atoms with Crippen molar-refractivity contribution < 1.29 is 9.18 Å². The first-order valence-corrected chi connectivity index (χ1v) is 10.2. The number of aromatic nitrogens is 2. The van der Waals surface area contributed by atoms with Gasteiger partial charge in [-0.25, -0.2) is 14.4 Å². The van der Waals surface area contributed by atoms with E-state index in [-0.39, 0.29) is 5.41 Å². The maximum absolute atomic E-state index is 13.1. The summed E-state index contributed by atoms with van der Waals surface area (Å²) in [7, 11) is 0. The number of halogens is 1. The van der Waals surface area contributed by atoms with Crippen LogP contribution in [0, 0.1) is 11.7 Å². The van der Waals surface area contributed by atoms with Gasteiger partial charge in [0.1, 0.15) is 0 Å². The molecule has 2 aliphatic heterocycles. The van der Waals surface area contributed by atoms with Crippen LogP contribution in [0.15, 0.2) is 36.7 Å². The van der Waals surface area contributed by atoms with Crippen molar-refractivity contribution in [2.45, 2.75) is 44.1 Å². The summed E-state index contributed by atoms with van der Waals surface area (Å²) in [6.07, 6.45) is 7.44. The number of anilines is 1. The second-order valence-corrected chi connectivity index (χ2v) is 8.52. The third-order valence-corrected chi connectivity index (χ3v) is 6.57. The highest BCUT2D eigenvalue weighted by atomic mass is 19.1. The summed E-state index contributed by atoms with van der Waals surface area (Å²) in [5.41, 5.74) is 2.67. The highest BCUT2D eigenvalue weighted by molar-refractivity contribution is 5.77. The van der Waals surface area contributed by atoms with Crippen LogP contribution in [-0.2, 0) is 16.8 Å². The number of piperidine rings is 1. The zero-order valence-corrected chi connectivity index (χ0v) is 16.0. The molecule has 3 aliphatic rings. The molecule has 1 aromatic heterocycles. The van der Waals surface area contributed by atoms with Gasteiger partial charge in [-0.2, -0.15) is 0 Å². The minimum atomic E-state index is -0.414. The molecule has 6 heteroatoms. The first-order valence-electron chi connectivity index (χ1n) is 10.2. The molecule has 1 aliphatic carbocycles. The Bertz CT molecular complexity index is 872. The number of amides is 1. The van der Waals surface area contributed by atoms with Crippen molar-refractivity contribution in [3.63, 3.8) is 0 Å². The van der Waals surface area contributed by atoms with Crippen molar-refractivity contribution in [1.29, 1.82) is 0 Å². The van der Waals surface area contributed by atoms with E-state index in [0.29, 0.717) is 24.2 Å². The highest BCUT2D eigenvalue weighted by Crippen LogP contribution is 2.43. The molecule has 1 aromatic carbocycles. The Hall–Kier alpha value is -2.50. The molecule has 1 amide bonds. The highest BCUT2D eigenvalue weighted by Gasteiger charge is 2.43. The third kappa shape index (κ3) is 3.25. The Kier molecular flexibility index (Phi) is 4.29. The van der Waals surface area contributed by atoms with Crippen molar-refractivity contribution in [2.75, 3.05) is 24.5 Å². The SMILES string of the molecule is O=C(CC1CC1)N1Cc2ccccc2C2(CCN(c3ncc(F)cn3)CC2)C1. The van der Waals surface area contributed by atoms with Crippen molar-refractivity contribution in [3.05, 3.63) is 53.6 Å². The molecule has 146 valence electrons. The van der Waals surface area contributed by atoms with E-state index >= 15 is 0 Å². The largest absolute Gasteiger partial charge is 0.341 e. The monoisotopic (exact) mass is 380 g/mol. The molecule has 1 saturated carbocycles. The molecule has 2 fully saturated rings. The van der Waals surface area contributed by atoms with Crippen LogP contribution >= 0.6 is 0 Å². The van der Waals surface area contributed by atoms with Crippen LogP contribution in [0.1, 0.15) is 43.2 Å². The van der Waals surface area contributed by atoms with Gasteiger partial charge in [-0.1, -0.05) is 24.3 Å². The van der Waals surface area contributed by atoms with E-state index in [9.17, 15) is 9.18 Å². The molecular formula is C22H25FN4O. The predicted octanol–water partition coefficient (Wildman–Crippen LogP) is 3.30. The van der Waals surface area contributed by atoms with Crippen LogP contribution in [0.3, 0.4) is 0 Å². The first-order chi connectivity index (χ1) is 13.6. The Balaban J connectivity index is 1.38. The molecule has 0 unspecified atom stereocenters.